The fraction of sp³-hybridized carbons (Fsp3) is 0.565. The Morgan fingerprint density at radius 1 is 1.10 bits per heavy atom. The molecule has 0 bridgehead atoms. The summed E-state index contributed by atoms with van der Waals surface area (Å²) in [5.41, 5.74) is 2.54. The molecule has 29 heavy (non-hydrogen) atoms. The molecule has 3 aromatic rings. The second-order valence-corrected chi connectivity index (χ2v) is 8.75. The van der Waals surface area contributed by atoms with Crippen molar-refractivity contribution in [1.82, 2.24) is 24.6 Å². The molecular formula is C23H34N6. The molecule has 1 N–H and O–H groups in total. The second kappa shape index (κ2) is 8.19. The van der Waals surface area contributed by atoms with Crippen LogP contribution in [0.2, 0.25) is 0 Å². The number of aromatic amines is 1. The lowest BCUT2D eigenvalue weighted by molar-refractivity contribution is 0.173. The zero-order valence-electron chi connectivity index (χ0n) is 18.4. The van der Waals surface area contributed by atoms with Crippen LogP contribution in [0.15, 0.2) is 30.5 Å². The van der Waals surface area contributed by atoms with Gasteiger partial charge in [-0.15, -0.1) is 10.2 Å². The van der Waals surface area contributed by atoms with Crippen LogP contribution >= 0.6 is 0 Å². The largest absolute Gasteiger partial charge is 0.361 e. The molecule has 1 saturated heterocycles. The zero-order valence-corrected chi connectivity index (χ0v) is 18.4. The molecule has 2 unspecified atom stereocenters. The lowest BCUT2D eigenvalue weighted by atomic mass is 10.1. The van der Waals surface area contributed by atoms with Crippen molar-refractivity contribution in [3.8, 4) is 0 Å². The Hall–Kier alpha value is -2.34. The van der Waals surface area contributed by atoms with Crippen molar-refractivity contribution in [3.63, 3.8) is 0 Å². The van der Waals surface area contributed by atoms with Gasteiger partial charge < -0.3 is 9.88 Å². The summed E-state index contributed by atoms with van der Waals surface area (Å²) in [6, 6.07) is 9.79. The highest BCUT2D eigenvalue weighted by atomic mass is 15.4. The molecule has 1 fully saturated rings. The first-order chi connectivity index (χ1) is 14.0. The number of rotatable bonds is 6. The van der Waals surface area contributed by atoms with E-state index in [1.54, 1.807) is 0 Å². The summed E-state index contributed by atoms with van der Waals surface area (Å²) in [5.74, 6) is 2.47. The zero-order chi connectivity index (χ0) is 20.5. The van der Waals surface area contributed by atoms with Crippen LogP contribution in [0.4, 0.5) is 5.95 Å². The molecule has 3 heterocycles. The van der Waals surface area contributed by atoms with Gasteiger partial charge in [0.2, 0.25) is 5.95 Å². The summed E-state index contributed by atoms with van der Waals surface area (Å²) < 4.78 is 2.36. The predicted octanol–water partition coefficient (Wildman–Crippen LogP) is 4.04. The minimum Gasteiger partial charge on any atom is -0.361 e. The van der Waals surface area contributed by atoms with Gasteiger partial charge in [-0.1, -0.05) is 26.8 Å². The van der Waals surface area contributed by atoms with Crippen molar-refractivity contribution < 1.29 is 0 Å². The number of hydrogen-bond acceptors (Lipinski definition) is 4. The number of hydrogen-bond donors (Lipinski definition) is 1. The van der Waals surface area contributed by atoms with Crippen molar-refractivity contribution in [2.45, 2.75) is 65.6 Å². The Balaban J connectivity index is 1.59. The number of aryl methyl sites for hydroxylation is 1. The Kier molecular flexibility index (Phi) is 5.63. The van der Waals surface area contributed by atoms with Crippen LogP contribution < -0.4 is 4.90 Å². The summed E-state index contributed by atoms with van der Waals surface area (Å²) >= 11 is 0. The first-order valence-corrected chi connectivity index (χ1v) is 11.0. The molecule has 0 radical (unpaired) electrons. The van der Waals surface area contributed by atoms with Gasteiger partial charge in [0.05, 0.1) is 0 Å². The highest BCUT2D eigenvalue weighted by Crippen LogP contribution is 2.26. The molecule has 0 saturated carbocycles. The van der Waals surface area contributed by atoms with Crippen molar-refractivity contribution in [2.75, 3.05) is 24.5 Å². The summed E-state index contributed by atoms with van der Waals surface area (Å²) in [6.07, 6.45) is 2.98. The third-order valence-electron chi connectivity index (χ3n) is 6.30. The lowest BCUT2D eigenvalue weighted by Crippen LogP contribution is -2.57. The molecule has 1 aliphatic rings. The van der Waals surface area contributed by atoms with Gasteiger partial charge in [0, 0.05) is 49.3 Å². The number of benzene rings is 1. The van der Waals surface area contributed by atoms with E-state index in [1.165, 1.54) is 16.5 Å². The van der Waals surface area contributed by atoms with Gasteiger partial charge in [-0.3, -0.25) is 9.47 Å². The van der Waals surface area contributed by atoms with Crippen LogP contribution in [0.3, 0.4) is 0 Å². The molecule has 0 spiro atoms. The average molecular weight is 395 g/mol. The molecule has 6 heteroatoms. The van der Waals surface area contributed by atoms with Crippen LogP contribution in [0, 0.1) is 0 Å². The molecule has 6 nitrogen and oxygen atoms in total. The first-order valence-electron chi connectivity index (χ1n) is 11.0. The highest BCUT2D eigenvalue weighted by Gasteiger charge is 2.31. The number of piperazine rings is 1. The van der Waals surface area contributed by atoms with Gasteiger partial charge in [0.25, 0.3) is 0 Å². The number of nitrogens with one attached hydrogen (secondary N) is 1. The van der Waals surface area contributed by atoms with E-state index in [9.17, 15) is 0 Å². The standard InChI is InChI=1S/C23H34N6/c1-6-27-14-18(5)29(15-17(27)4)23-26-25-22(16(2)3)28(23)12-10-19-7-8-21-20(13-19)9-11-24-21/h7-9,11,13,16-18,24H,6,10,12,14-15H2,1-5H3. The average Bonchev–Trinajstić information content (AvgIpc) is 3.34. The minimum atomic E-state index is 0.355. The van der Waals surface area contributed by atoms with E-state index in [0.29, 0.717) is 18.0 Å². The van der Waals surface area contributed by atoms with Gasteiger partial charge in [0.15, 0.2) is 0 Å². The van der Waals surface area contributed by atoms with Crippen molar-refractivity contribution >= 4 is 16.9 Å². The van der Waals surface area contributed by atoms with Gasteiger partial charge in [0.1, 0.15) is 5.82 Å². The summed E-state index contributed by atoms with van der Waals surface area (Å²) in [7, 11) is 0. The molecule has 1 aliphatic heterocycles. The molecular weight excluding hydrogens is 360 g/mol. The summed E-state index contributed by atoms with van der Waals surface area (Å²) in [4.78, 5) is 8.29. The lowest BCUT2D eigenvalue weighted by Gasteiger charge is -2.44. The molecule has 2 atom stereocenters. The highest BCUT2D eigenvalue weighted by molar-refractivity contribution is 5.79. The van der Waals surface area contributed by atoms with E-state index in [1.807, 2.05) is 6.20 Å². The van der Waals surface area contributed by atoms with E-state index >= 15 is 0 Å². The van der Waals surface area contributed by atoms with Gasteiger partial charge >= 0.3 is 0 Å². The van der Waals surface area contributed by atoms with Crippen LogP contribution in [0.25, 0.3) is 10.9 Å². The maximum Gasteiger partial charge on any atom is 0.227 e. The third kappa shape index (κ3) is 3.90. The molecule has 0 aliphatic carbocycles. The van der Waals surface area contributed by atoms with Crippen LogP contribution in [-0.4, -0.2) is 56.4 Å². The fourth-order valence-corrected chi connectivity index (χ4v) is 4.58. The van der Waals surface area contributed by atoms with Crippen LogP contribution in [0.1, 0.15) is 51.9 Å². The molecule has 4 rings (SSSR count). The number of aromatic nitrogens is 4. The van der Waals surface area contributed by atoms with E-state index in [-0.39, 0.29) is 0 Å². The molecule has 1 aromatic carbocycles. The normalized spacial score (nSPS) is 20.8. The second-order valence-electron chi connectivity index (χ2n) is 8.75. The topological polar surface area (TPSA) is 53.0 Å². The maximum absolute atomic E-state index is 4.67. The minimum absolute atomic E-state index is 0.355. The summed E-state index contributed by atoms with van der Waals surface area (Å²) in [5, 5.41) is 10.5. The smallest absolute Gasteiger partial charge is 0.227 e. The number of anilines is 1. The van der Waals surface area contributed by atoms with Gasteiger partial charge in [-0.25, -0.2) is 0 Å². The van der Waals surface area contributed by atoms with Gasteiger partial charge in [-0.2, -0.15) is 0 Å². The number of likely N-dealkylation sites (N-methyl/N-ethyl adjacent to an activating group) is 1. The van der Waals surface area contributed by atoms with Crippen molar-refractivity contribution in [2.24, 2.45) is 0 Å². The maximum atomic E-state index is 4.67. The Labute approximate surface area is 173 Å². The van der Waals surface area contributed by atoms with E-state index in [4.69, 9.17) is 0 Å². The number of H-pyrrole nitrogens is 1. The van der Waals surface area contributed by atoms with E-state index in [2.05, 4.69) is 88.4 Å². The molecule has 156 valence electrons. The van der Waals surface area contributed by atoms with Gasteiger partial charge in [-0.05, 0) is 56.0 Å². The quantitative estimate of drug-likeness (QED) is 0.685. The monoisotopic (exact) mass is 394 g/mol. The van der Waals surface area contributed by atoms with Crippen LogP contribution in [0.5, 0.6) is 0 Å². The fourth-order valence-electron chi connectivity index (χ4n) is 4.58. The first kappa shape index (κ1) is 20.0. The Morgan fingerprint density at radius 2 is 1.93 bits per heavy atom. The SMILES string of the molecule is CCN1CC(C)N(c2nnc(C(C)C)n2CCc2ccc3[nH]ccc3c2)CC1C. The predicted molar refractivity (Wildman–Crippen MR) is 120 cm³/mol. The molecule has 0 amide bonds. The van der Waals surface area contributed by atoms with Crippen LogP contribution in [-0.2, 0) is 13.0 Å². The summed E-state index contributed by atoms with van der Waals surface area (Å²) in [6.45, 7) is 15.4. The Bertz CT molecular complexity index is 955. The Morgan fingerprint density at radius 3 is 2.69 bits per heavy atom. The van der Waals surface area contributed by atoms with Crippen molar-refractivity contribution in [3.05, 3.63) is 41.9 Å². The third-order valence-corrected chi connectivity index (χ3v) is 6.30. The van der Waals surface area contributed by atoms with E-state index in [0.717, 1.165) is 44.4 Å². The number of fused-ring (bicyclic) bond motifs is 1. The number of nitrogens with zero attached hydrogens (tertiary/aromatic N) is 5. The molecule has 2 aromatic heterocycles. The van der Waals surface area contributed by atoms with E-state index < -0.39 is 0 Å². The van der Waals surface area contributed by atoms with Crippen molar-refractivity contribution in [1.29, 1.82) is 0 Å².